The van der Waals surface area contributed by atoms with E-state index in [1.807, 2.05) is 74.4 Å². The zero-order valence-electron chi connectivity index (χ0n) is 16.3. The van der Waals surface area contributed by atoms with Crippen LogP contribution < -0.4 is 4.90 Å². The summed E-state index contributed by atoms with van der Waals surface area (Å²) in [6.45, 7) is 2.17. The van der Waals surface area contributed by atoms with Gasteiger partial charge in [-0.25, -0.2) is 4.79 Å². The normalized spacial score (nSPS) is 10.7. The van der Waals surface area contributed by atoms with Crippen LogP contribution in [0.5, 0.6) is 0 Å². The van der Waals surface area contributed by atoms with Crippen LogP contribution in [0.15, 0.2) is 54.6 Å². The van der Waals surface area contributed by atoms with Gasteiger partial charge in [-0.15, -0.1) is 0 Å². The topological polar surface area (TPSA) is 49.9 Å². The van der Waals surface area contributed by atoms with E-state index in [2.05, 4.69) is 0 Å². The number of hydrogen-bond donors (Lipinski definition) is 0. The van der Waals surface area contributed by atoms with Crippen molar-refractivity contribution >= 4 is 23.6 Å². The molecule has 0 aliphatic heterocycles. The second-order valence-electron chi connectivity index (χ2n) is 6.67. The smallest absolute Gasteiger partial charge is 0.331 e. The van der Waals surface area contributed by atoms with Gasteiger partial charge in [-0.1, -0.05) is 42.0 Å². The summed E-state index contributed by atoms with van der Waals surface area (Å²) < 4.78 is 5.04. The molecule has 0 fully saturated rings. The first-order chi connectivity index (χ1) is 12.8. The number of amides is 1. The molecule has 1 amide bonds. The molecule has 2 aromatic carbocycles. The van der Waals surface area contributed by atoms with Gasteiger partial charge in [0.1, 0.15) is 0 Å². The van der Waals surface area contributed by atoms with Gasteiger partial charge in [0.25, 0.3) is 5.91 Å². The average Bonchev–Trinajstić information content (AvgIpc) is 2.64. The van der Waals surface area contributed by atoms with Crippen molar-refractivity contribution in [3.05, 3.63) is 71.3 Å². The Balaban J connectivity index is 1.80. The van der Waals surface area contributed by atoms with Crippen molar-refractivity contribution in [1.29, 1.82) is 0 Å². The summed E-state index contributed by atoms with van der Waals surface area (Å²) in [5, 5.41) is 0. The second kappa shape index (κ2) is 9.57. The SMILES string of the molecule is Cc1cccc(/C=C/C(=O)OCC(=O)N(C)Cc2ccc(N(C)C)cc2)c1. The number of ether oxygens (including phenoxy) is 1. The van der Waals surface area contributed by atoms with Crippen molar-refractivity contribution in [3.63, 3.8) is 0 Å². The lowest BCUT2D eigenvalue weighted by Gasteiger charge is -2.18. The molecule has 0 atom stereocenters. The van der Waals surface area contributed by atoms with Gasteiger partial charge < -0.3 is 14.5 Å². The van der Waals surface area contributed by atoms with Crippen molar-refractivity contribution in [3.8, 4) is 0 Å². The number of rotatable bonds is 7. The van der Waals surface area contributed by atoms with Gasteiger partial charge in [-0.05, 0) is 36.3 Å². The third kappa shape index (κ3) is 6.62. The van der Waals surface area contributed by atoms with Gasteiger partial charge in [0.05, 0.1) is 0 Å². The van der Waals surface area contributed by atoms with E-state index in [0.29, 0.717) is 6.54 Å². The number of carbonyl (C=O) groups excluding carboxylic acids is 2. The van der Waals surface area contributed by atoms with Crippen molar-refractivity contribution < 1.29 is 14.3 Å². The molecule has 0 saturated carbocycles. The lowest BCUT2D eigenvalue weighted by atomic mass is 10.1. The molecule has 0 spiro atoms. The van der Waals surface area contributed by atoms with E-state index in [0.717, 1.165) is 22.4 Å². The number of aryl methyl sites for hydroxylation is 1. The summed E-state index contributed by atoms with van der Waals surface area (Å²) >= 11 is 0. The Morgan fingerprint density at radius 1 is 1.04 bits per heavy atom. The van der Waals surface area contributed by atoms with Gasteiger partial charge in [0, 0.05) is 39.5 Å². The summed E-state index contributed by atoms with van der Waals surface area (Å²) in [6.07, 6.45) is 3.01. The van der Waals surface area contributed by atoms with Gasteiger partial charge in [-0.2, -0.15) is 0 Å². The van der Waals surface area contributed by atoms with Crippen molar-refractivity contribution in [2.45, 2.75) is 13.5 Å². The Morgan fingerprint density at radius 2 is 1.74 bits per heavy atom. The monoisotopic (exact) mass is 366 g/mol. The molecule has 0 radical (unpaired) electrons. The lowest BCUT2D eigenvalue weighted by Crippen LogP contribution is -2.30. The molecule has 27 heavy (non-hydrogen) atoms. The standard InChI is InChI=1S/C22H26N2O3/c1-17-6-5-7-18(14-17)10-13-22(26)27-16-21(25)24(4)15-19-8-11-20(12-9-19)23(2)3/h5-14H,15-16H2,1-4H3/b13-10+. The van der Waals surface area contributed by atoms with Crippen LogP contribution in [0.25, 0.3) is 6.08 Å². The number of nitrogens with zero attached hydrogens (tertiary/aromatic N) is 2. The molecular weight excluding hydrogens is 340 g/mol. The van der Waals surface area contributed by atoms with E-state index in [1.165, 1.54) is 6.08 Å². The van der Waals surface area contributed by atoms with Crippen LogP contribution in [0.3, 0.4) is 0 Å². The first-order valence-corrected chi connectivity index (χ1v) is 8.77. The molecule has 142 valence electrons. The predicted molar refractivity (Wildman–Crippen MR) is 108 cm³/mol. The lowest BCUT2D eigenvalue weighted by molar-refractivity contribution is -0.147. The summed E-state index contributed by atoms with van der Waals surface area (Å²) in [6, 6.07) is 15.7. The molecule has 5 nitrogen and oxygen atoms in total. The Kier molecular flexibility index (Phi) is 7.17. The molecule has 0 aromatic heterocycles. The first-order valence-electron chi connectivity index (χ1n) is 8.77. The van der Waals surface area contributed by atoms with Gasteiger partial charge in [0.2, 0.25) is 0 Å². The predicted octanol–water partition coefficient (Wildman–Crippen LogP) is 3.28. The highest BCUT2D eigenvalue weighted by atomic mass is 16.5. The van der Waals surface area contributed by atoms with E-state index >= 15 is 0 Å². The zero-order chi connectivity index (χ0) is 19.8. The molecular formula is C22H26N2O3. The number of likely N-dealkylation sites (N-methyl/N-ethyl adjacent to an activating group) is 1. The largest absolute Gasteiger partial charge is 0.452 e. The van der Waals surface area contributed by atoms with Gasteiger partial charge >= 0.3 is 5.97 Å². The van der Waals surface area contributed by atoms with E-state index in [-0.39, 0.29) is 12.5 Å². The molecule has 5 heteroatoms. The van der Waals surface area contributed by atoms with Crippen LogP contribution in [-0.2, 0) is 20.9 Å². The molecule has 0 heterocycles. The van der Waals surface area contributed by atoms with Gasteiger partial charge in [0.15, 0.2) is 6.61 Å². The fraction of sp³-hybridized carbons (Fsp3) is 0.273. The zero-order valence-corrected chi connectivity index (χ0v) is 16.3. The molecule has 2 rings (SSSR count). The summed E-state index contributed by atoms with van der Waals surface area (Å²) in [7, 11) is 5.65. The van der Waals surface area contributed by atoms with Crippen LogP contribution >= 0.6 is 0 Å². The number of benzene rings is 2. The van der Waals surface area contributed by atoms with Crippen LogP contribution in [0.4, 0.5) is 5.69 Å². The molecule has 0 aliphatic rings. The minimum absolute atomic E-state index is 0.246. The summed E-state index contributed by atoms with van der Waals surface area (Å²) in [5.74, 6) is -0.780. The second-order valence-corrected chi connectivity index (χ2v) is 6.67. The molecule has 0 N–H and O–H groups in total. The third-order valence-electron chi connectivity index (χ3n) is 4.09. The molecule has 0 unspecified atom stereocenters. The van der Waals surface area contributed by atoms with Crippen LogP contribution in [0.1, 0.15) is 16.7 Å². The average molecular weight is 366 g/mol. The van der Waals surface area contributed by atoms with E-state index in [4.69, 9.17) is 4.74 Å². The fourth-order valence-electron chi connectivity index (χ4n) is 2.49. The molecule has 0 bridgehead atoms. The first kappa shape index (κ1) is 20.2. The van der Waals surface area contributed by atoms with E-state index in [9.17, 15) is 9.59 Å². The minimum atomic E-state index is -0.534. The highest BCUT2D eigenvalue weighted by Gasteiger charge is 2.11. The van der Waals surface area contributed by atoms with Crippen LogP contribution in [-0.4, -0.2) is 44.5 Å². The highest BCUT2D eigenvalue weighted by Crippen LogP contribution is 2.13. The maximum absolute atomic E-state index is 12.2. The maximum Gasteiger partial charge on any atom is 0.331 e. The maximum atomic E-state index is 12.2. The van der Waals surface area contributed by atoms with Crippen LogP contribution in [0.2, 0.25) is 0 Å². The minimum Gasteiger partial charge on any atom is -0.452 e. The van der Waals surface area contributed by atoms with Crippen molar-refractivity contribution in [1.82, 2.24) is 4.90 Å². The quantitative estimate of drug-likeness (QED) is 0.557. The summed E-state index contributed by atoms with van der Waals surface area (Å²) in [4.78, 5) is 27.5. The van der Waals surface area contributed by atoms with Crippen molar-refractivity contribution in [2.75, 3.05) is 32.6 Å². The van der Waals surface area contributed by atoms with Crippen molar-refractivity contribution in [2.24, 2.45) is 0 Å². The number of esters is 1. The Labute approximate surface area is 160 Å². The highest BCUT2D eigenvalue weighted by molar-refractivity contribution is 5.89. The number of carbonyl (C=O) groups is 2. The molecule has 2 aromatic rings. The Bertz CT molecular complexity index is 811. The Morgan fingerprint density at radius 3 is 2.37 bits per heavy atom. The fourth-order valence-corrected chi connectivity index (χ4v) is 2.49. The summed E-state index contributed by atoms with van der Waals surface area (Å²) in [5.41, 5.74) is 4.14. The third-order valence-corrected chi connectivity index (χ3v) is 4.09. The van der Waals surface area contributed by atoms with E-state index < -0.39 is 5.97 Å². The number of hydrogen-bond acceptors (Lipinski definition) is 4. The molecule has 0 aliphatic carbocycles. The van der Waals surface area contributed by atoms with E-state index in [1.54, 1.807) is 18.0 Å². The van der Waals surface area contributed by atoms with Crippen LogP contribution in [0, 0.1) is 6.92 Å². The van der Waals surface area contributed by atoms with Gasteiger partial charge in [-0.3, -0.25) is 4.79 Å². The molecule has 0 saturated heterocycles. The number of anilines is 1. The Hall–Kier alpha value is -3.08.